The molecule has 0 bridgehead atoms. The minimum absolute atomic E-state index is 0.190. The van der Waals surface area contributed by atoms with Crippen molar-refractivity contribution in [3.8, 4) is 0 Å². The van der Waals surface area contributed by atoms with Gasteiger partial charge < -0.3 is 27.0 Å². The van der Waals surface area contributed by atoms with Gasteiger partial charge in [-0.25, -0.2) is 4.57 Å². The van der Waals surface area contributed by atoms with Gasteiger partial charge in [-0.15, -0.1) is 0 Å². The first-order valence-electron chi connectivity index (χ1n) is 12.1. The van der Waals surface area contributed by atoms with Gasteiger partial charge in [-0.2, -0.15) is 0 Å². The molecular weight excluding hydrogens is 494 g/mol. The first-order valence-corrected chi connectivity index (χ1v) is 12.1. The van der Waals surface area contributed by atoms with Gasteiger partial charge in [-0.1, -0.05) is 0 Å². The number of pyridine rings is 1. The molecule has 0 unspecified atom stereocenters. The van der Waals surface area contributed by atoms with Gasteiger partial charge in [0.15, 0.2) is 18.4 Å². The second kappa shape index (κ2) is 12.2. The maximum atomic E-state index is 12.7. The Hall–Kier alpha value is -5.51. The van der Waals surface area contributed by atoms with Gasteiger partial charge >= 0.3 is 0 Å². The number of guanidine groups is 1. The number of amides is 3. The maximum absolute atomic E-state index is 12.7. The quantitative estimate of drug-likeness (QED) is 0.117. The molecule has 0 radical (unpaired) electrons. The minimum Gasteiger partial charge on any atom is -0.370 e. The smallest absolute Gasteiger partial charge is 0.255 e. The van der Waals surface area contributed by atoms with Crippen LogP contribution in [0.2, 0.25) is 0 Å². The average Bonchev–Trinajstić information content (AvgIpc) is 2.94. The van der Waals surface area contributed by atoms with Crippen molar-refractivity contribution in [2.75, 3.05) is 21.3 Å². The number of aryl methyl sites for hydroxylation is 1. The third-order valence-corrected chi connectivity index (χ3v) is 5.72. The standard InChI is InChI=1S/C29H27N7O3/c1-2-36-17-3-4-25(18-36)34-28(39)21-7-13-23(14-8-21)32-26(37)19-5-11-22(12-6-19)33-27(38)20-9-15-24(16-10-20)35-29(30)31/h3-18H,2H2,1H3,(H6-,30,31,32,33,34,35,37,38,39)/p+1. The lowest BCUT2D eigenvalue weighted by atomic mass is 10.1. The van der Waals surface area contributed by atoms with Crippen molar-refractivity contribution in [2.24, 2.45) is 5.73 Å². The average molecular weight is 523 g/mol. The molecule has 7 N–H and O–H groups in total. The third kappa shape index (κ3) is 7.26. The molecule has 4 aromatic rings. The van der Waals surface area contributed by atoms with Crippen molar-refractivity contribution >= 4 is 46.4 Å². The number of nitrogens with two attached hydrogens (primary N) is 1. The van der Waals surface area contributed by atoms with Crippen molar-refractivity contribution in [1.82, 2.24) is 0 Å². The van der Waals surface area contributed by atoms with Crippen LogP contribution in [-0.2, 0) is 6.54 Å². The van der Waals surface area contributed by atoms with E-state index in [1.54, 1.807) is 72.8 Å². The summed E-state index contributed by atoms with van der Waals surface area (Å²) in [7, 11) is 0. The summed E-state index contributed by atoms with van der Waals surface area (Å²) in [6.07, 6.45) is 3.78. The fourth-order valence-corrected chi connectivity index (χ4v) is 3.67. The van der Waals surface area contributed by atoms with Crippen molar-refractivity contribution in [3.63, 3.8) is 0 Å². The Kier molecular flexibility index (Phi) is 8.27. The molecule has 3 amide bonds. The van der Waals surface area contributed by atoms with E-state index in [1.807, 2.05) is 36.0 Å². The lowest BCUT2D eigenvalue weighted by Gasteiger charge is -2.09. The number of nitrogens with one attached hydrogen (secondary N) is 5. The van der Waals surface area contributed by atoms with E-state index in [9.17, 15) is 14.4 Å². The number of carbonyl (C=O) groups excluding carboxylic acids is 3. The lowest BCUT2D eigenvalue weighted by molar-refractivity contribution is -0.692. The molecular formula is C29H28N7O3+. The second-order valence-corrected chi connectivity index (χ2v) is 8.56. The van der Waals surface area contributed by atoms with E-state index in [4.69, 9.17) is 11.1 Å². The molecule has 0 fully saturated rings. The van der Waals surface area contributed by atoms with Crippen LogP contribution in [0.1, 0.15) is 38.0 Å². The van der Waals surface area contributed by atoms with E-state index in [1.165, 1.54) is 0 Å². The fourth-order valence-electron chi connectivity index (χ4n) is 3.67. The molecule has 0 aliphatic rings. The Morgan fingerprint density at radius 1 is 0.641 bits per heavy atom. The summed E-state index contributed by atoms with van der Waals surface area (Å²) in [6, 6.07) is 23.3. The normalized spacial score (nSPS) is 10.3. The predicted molar refractivity (Wildman–Crippen MR) is 151 cm³/mol. The Morgan fingerprint density at radius 3 is 1.41 bits per heavy atom. The van der Waals surface area contributed by atoms with Crippen LogP contribution in [-0.4, -0.2) is 23.7 Å². The third-order valence-electron chi connectivity index (χ3n) is 5.72. The molecule has 1 heterocycles. The largest absolute Gasteiger partial charge is 0.370 e. The molecule has 0 aliphatic heterocycles. The molecule has 3 aromatic carbocycles. The Bertz CT molecular complexity index is 1500. The molecule has 1 aromatic heterocycles. The number of hydrogen-bond acceptors (Lipinski definition) is 4. The molecule has 0 saturated carbocycles. The summed E-state index contributed by atoms with van der Waals surface area (Å²) >= 11 is 0. The van der Waals surface area contributed by atoms with Gasteiger partial charge in [-0.3, -0.25) is 19.8 Å². The molecule has 196 valence electrons. The zero-order valence-electron chi connectivity index (χ0n) is 21.2. The Morgan fingerprint density at radius 2 is 1.03 bits per heavy atom. The fraction of sp³-hybridized carbons (Fsp3) is 0.0690. The molecule has 39 heavy (non-hydrogen) atoms. The van der Waals surface area contributed by atoms with Crippen LogP contribution in [0.4, 0.5) is 22.7 Å². The number of rotatable bonds is 8. The molecule has 0 atom stereocenters. The lowest BCUT2D eigenvalue weighted by Crippen LogP contribution is -2.31. The summed E-state index contributed by atoms with van der Waals surface area (Å²) in [4.78, 5) is 37.8. The van der Waals surface area contributed by atoms with E-state index in [0.717, 1.165) is 6.54 Å². The van der Waals surface area contributed by atoms with Crippen molar-refractivity contribution in [2.45, 2.75) is 13.5 Å². The van der Waals surface area contributed by atoms with E-state index in [-0.39, 0.29) is 23.7 Å². The number of anilines is 4. The van der Waals surface area contributed by atoms with Gasteiger partial charge in [0, 0.05) is 39.8 Å². The minimum atomic E-state index is -0.327. The van der Waals surface area contributed by atoms with Crippen LogP contribution < -0.4 is 31.6 Å². The van der Waals surface area contributed by atoms with Crippen molar-refractivity contribution in [1.29, 1.82) is 5.41 Å². The summed E-state index contributed by atoms with van der Waals surface area (Å²) in [5.41, 5.74) is 8.96. The van der Waals surface area contributed by atoms with E-state index in [0.29, 0.717) is 39.4 Å². The predicted octanol–water partition coefficient (Wildman–Crippen LogP) is 4.06. The molecule has 10 nitrogen and oxygen atoms in total. The maximum Gasteiger partial charge on any atom is 0.255 e. The summed E-state index contributed by atoms with van der Waals surface area (Å²) in [5.74, 6) is -1.08. The van der Waals surface area contributed by atoms with Crippen LogP contribution in [0.15, 0.2) is 97.3 Å². The topological polar surface area (TPSA) is 153 Å². The molecule has 0 spiro atoms. The summed E-state index contributed by atoms with van der Waals surface area (Å²) < 4.78 is 1.96. The van der Waals surface area contributed by atoms with Crippen molar-refractivity contribution < 1.29 is 19.0 Å². The van der Waals surface area contributed by atoms with Gasteiger partial charge in [0.05, 0.1) is 0 Å². The monoisotopic (exact) mass is 522 g/mol. The highest BCUT2D eigenvalue weighted by Gasteiger charge is 2.11. The summed E-state index contributed by atoms with van der Waals surface area (Å²) in [5, 5.41) is 18.3. The SMILES string of the molecule is CC[n+]1cccc(NC(=O)c2ccc(NC(=O)c3ccc(NC(=O)c4ccc(NC(=N)N)cc4)cc3)cc2)c1. The van der Waals surface area contributed by atoms with Crippen LogP contribution in [0.25, 0.3) is 0 Å². The van der Waals surface area contributed by atoms with Gasteiger partial charge in [0.2, 0.25) is 0 Å². The van der Waals surface area contributed by atoms with E-state index >= 15 is 0 Å². The first-order chi connectivity index (χ1) is 18.8. The van der Waals surface area contributed by atoms with Crippen LogP contribution >= 0.6 is 0 Å². The van der Waals surface area contributed by atoms with Crippen LogP contribution in [0.3, 0.4) is 0 Å². The Labute approximate surface area is 225 Å². The zero-order chi connectivity index (χ0) is 27.8. The highest BCUT2D eigenvalue weighted by atomic mass is 16.2. The number of carbonyl (C=O) groups is 3. The Balaban J connectivity index is 1.31. The molecule has 4 rings (SSSR count). The van der Waals surface area contributed by atoms with Crippen LogP contribution in [0, 0.1) is 5.41 Å². The highest BCUT2D eigenvalue weighted by molar-refractivity contribution is 6.07. The number of benzene rings is 3. The molecule has 0 saturated heterocycles. The van der Waals surface area contributed by atoms with E-state index in [2.05, 4.69) is 21.3 Å². The van der Waals surface area contributed by atoms with Crippen LogP contribution in [0.5, 0.6) is 0 Å². The van der Waals surface area contributed by atoms with Gasteiger partial charge in [0.25, 0.3) is 17.7 Å². The van der Waals surface area contributed by atoms with Gasteiger partial charge in [-0.05, 0) is 85.8 Å². The molecule has 0 aliphatic carbocycles. The second-order valence-electron chi connectivity index (χ2n) is 8.56. The molecule has 10 heteroatoms. The van der Waals surface area contributed by atoms with E-state index < -0.39 is 0 Å². The first kappa shape index (κ1) is 26.6. The number of aromatic nitrogens is 1. The highest BCUT2D eigenvalue weighted by Crippen LogP contribution is 2.16. The summed E-state index contributed by atoms with van der Waals surface area (Å²) in [6.45, 7) is 2.82. The van der Waals surface area contributed by atoms with Gasteiger partial charge in [0.1, 0.15) is 12.2 Å². The zero-order valence-corrected chi connectivity index (χ0v) is 21.2. The van der Waals surface area contributed by atoms with Crippen molar-refractivity contribution in [3.05, 3.63) is 114 Å². The number of hydrogen-bond donors (Lipinski definition) is 6. The number of nitrogens with zero attached hydrogens (tertiary/aromatic N) is 1.